The highest BCUT2D eigenvalue weighted by Crippen LogP contribution is 2.28. The second-order valence-corrected chi connectivity index (χ2v) is 7.72. The first-order valence-electron chi connectivity index (χ1n) is 9.81. The van der Waals surface area contributed by atoms with Gasteiger partial charge in [-0.05, 0) is 23.7 Å². The fourth-order valence-corrected chi connectivity index (χ4v) is 4.11. The number of carbonyl (C=O) groups excluding carboxylic acids is 1. The maximum absolute atomic E-state index is 13.0. The van der Waals surface area contributed by atoms with Gasteiger partial charge in [-0.15, -0.1) is 0 Å². The quantitative estimate of drug-likeness (QED) is 0.540. The number of amides is 1. The van der Waals surface area contributed by atoms with Gasteiger partial charge < -0.3 is 14.5 Å². The fraction of sp³-hybridized carbons (Fsp3) is 0.400. The molecule has 4 rings (SSSR count). The molecule has 1 saturated heterocycles. The van der Waals surface area contributed by atoms with Crippen molar-refractivity contribution in [3.8, 4) is 5.75 Å². The standard InChI is InChI=1S/C20H23ClN6O4/c1-23-17-16(18(29)24(2)20(23)30)27(19(21)22-17)12-15(28)26-10-8-25(9-11-26)13-6-4-5-7-14(13)31-3/h4-7H,8-12H2,1-3H3. The highest BCUT2D eigenvalue weighted by Gasteiger charge is 2.25. The lowest BCUT2D eigenvalue weighted by atomic mass is 10.2. The Morgan fingerprint density at radius 3 is 2.45 bits per heavy atom. The van der Waals surface area contributed by atoms with Crippen molar-refractivity contribution in [1.82, 2.24) is 23.6 Å². The predicted molar refractivity (Wildman–Crippen MR) is 117 cm³/mol. The molecule has 0 unspecified atom stereocenters. The summed E-state index contributed by atoms with van der Waals surface area (Å²) in [7, 11) is 4.53. The van der Waals surface area contributed by atoms with E-state index in [1.807, 2.05) is 24.3 Å². The van der Waals surface area contributed by atoms with Gasteiger partial charge in [0.15, 0.2) is 11.2 Å². The van der Waals surface area contributed by atoms with Crippen molar-refractivity contribution >= 4 is 34.4 Å². The van der Waals surface area contributed by atoms with E-state index in [2.05, 4.69) is 9.88 Å². The molecule has 0 bridgehead atoms. The number of para-hydroxylation sites is 2. The molecule has 0 spiro atoms. The first-order valence-corrected chi connectivity index (χ1v) is 10.2. The molecule has 0 radical (unpaired) electrons. The number of hydrogen-bond donors (Lipinski definition) is 0. The van der Waals surface area contributed by atoms with Crippen molar-refractivity contribution in [1.29, 1.82) is 0 Å². The highest BCUT2D eigenvalue weighted by molar-refractivity contribution is 6.29. The smallest absolute Gasteiger partial charge is 0.332 e. The molecule has 1 amide bonds. The van der Waals surface area contributed by atoms with Gasteiger partial charge in [0.05, 0.1) is 12.8 Å². The number of anilines is 1. The Bertz CT molecular complexity index is 1270. The van der Waals surface area contributed by atoms with Gasteiger partial charge in [0.2, 0.25) is 11.2 Å². The average molecular weight is 447 g/mol. The van der Waals surface area contributed by atoms with Crippen LogP contribution in [0.3, 0.4) is 0 Å². The van der Waals surface area contributed by atoms with E-state index in [4.69, 9.17) is 16.3 Å². The van der Waals surface area contributed by atoms with E-state index in [9.17, 15) is 14.4 Å². The molecule has 2 aromatic heterocycles. The minimum absolute atomic E-state index is 0.00527. The monoisotopic (exact) mass is 446 g/mol. The normalized spacial score (nSPS) is 14.3. The lowest BCUT2D eigenvalue weighted by Gasteiger charge is -2.36. The molecular formula is C20H23ClN6O4. The molecule has 31 heavy (non-hydrogen) atoms. The summed E-state index contributed by atoms with van der Waals surface area (Å²) in [4.78, 5) is 45.8. The maximum atomic E-state index is 13.0. The van der Waals surface area contributed by atoms with Crippen LogP contribution < -0.4 is 20.9 Å². The summed E-state index contributed by atoms with van der Waals surface area (Å²) in [6.45, 7) is 2.23. The van der Waals surface area contributed by atoms with Gasteiger partial charge in [0.25, 0.3) is 5.56 Å². The molecule has 164 valence electrons. The third-order valence-electron chi connectivity index (χ3n) is 5.65. The molecule has 3 aromatic rings. The second kappa shape index (κ2) is 8.10. The molecule has 0 saturated carbocycles. The van der Waals surface area contributed by atoms with Crippen LogP contribution in [0.25, 0.3) is 11.2 Å². The van der Waals surface area contributed by atoms with E-state index in [1.165, 1.54) is 23.2 Å². The van der Waals surface area contributed by atoms with Crippen molar-refractivity contribution in [3.05, 3.63) is 50.4 Å². The van der Waals surface area contributed by atoms with Crippen LogP contribution in [-0.4, -0.2) is 62.8 Å². The van der Waals surface area contributed by atoms with Gasteiger partial charge in [-0.2, -0.15) is 4.98 Å². The summed E-state index contributed by atoms with van der Waals surface area (Å²) >= 11 is 6.23. The Balaban J connectivity index is 1.54. The number of carbonyl (C=O) groups is 1. The zero-order chi connectivity index (χ0) is 22.3. The Morgan fingerprint density at radius 1 is 1.10 bits per heavy atom. The zero-order valence-electron chi connectivity index (χ0n) is 17.5. The van der Waals surface area contributed by atoms with E-state index in [-0.39, 0.29) is 28.9 Å². The fourth-order valence-electron chi connectivity index (χ4n) is 3.89. The SMILES string of the molecule is COc1ccccc1N1CCN(C(=O)Cn2c(Cl)nc3c2c(=O)n(C)c(=O)n3C)CC1. The van der Waals surface area contributed by atoms with E-state index in [0.717, 1.165) is 16.0 Å². The molecule has 0 atom stereocenters. The first kappa shape index (κ1) is 21.0. The van der Waals surface area contributed by atoms with E-state index in [0.29, 0.717) is 26.2 Å². The number of benzene rings is 1. The van der Waals surface area contributed by atoms with Crippen LogP contribution in [0.1, 0.15) is 0 Å². The van der Waals surface area contributed by atoms with E-state index >= 15 is 0 Å². The lowest BCUT2D eigenvalue weighted by molar-refractivity contribution is -0.132. The van der Waals surface area contributed by atoms with Crippen LogP contribution >= 0.6 is 11.6 Å². The molecule has 11 heteroatoms. The molecule has 1 aliphatic rings. The lowest BCUT2D eigenvalue weighted by Crippen LogP contribution is -2.49. The number of aryl methyl sites for hydroxylation is 1. The van der Waals surface area contributed by atoms with Crippen molar-refractivity contribution in [2.75, 3.05) is 38.2 Å². The first-order chi connectivity index (χ1) is 14.8. The van der Waals surface area contributed by atoms with E-state index < -0.39 is 11.2 Å². The number of imidazole rings is 1. The number of hydrogen-bond acceptors (Lipinski definition) is 6. The Hall–Kier alpha value is -3.27. The van der Waals surface area contributed by atoms with Gasteiger partial charge in [-0.25, -0.2) is 4.79 Å². The van der Waals surface area contributed by atoms with Crippen LogP contribution in [0.15, 0.2) is 33.9 Å². The summed E-state index contributed by atoms with van der Waals surface area (Å²) in [5, 5.41) is -0.00527. The number of piperazine rings is 1. The predicted octanol–water partition coefficient (Wildman–Crippen LogP) is 0.445. The number of nitrogens with zero attached hydrogens (tertiary/aromatic N) is 6. The minimum Gasteiger partial charge on any atom is -0.495 e. The van der Waals surface area contributed by atoms with Gasteiger partial charge in [-0.1, -0.05) is 12.1 Å². The van der Waals surface area contributed by atoms with Crippen molar-refractivity contribution in [2.24, 2.45) is 14.1 Å². The Morgan fingerprint density at radius 2 is 1.77 bits per heavy atom. The van der Waals surface area contributed by atoms with Gasteiger partial charge >= 0.3 is 5.69 Å². The molecule has 0 N–H and O–H groups in total. The van der Waals surface area contributed by atoms with Crippen molar-refractivity contribution < 1.29 is 9.53 Å². The van der Waals surface area contributed by atoms with Gasteiger partial charge in [-0.3, -0.25) is 23.3 Å². The summed E-state index contributed by atoms with van der Waals surface area (Å²) < 4.78 is 9.03. The highest BCUT2D eigenvalue weighted by atomic mass is 35.5. The van der Waals surface area contributed by atoms with Crippen molar-refractivity contribution in [3.63, 3.8) is 0 Å². The number of halogens is 1. The van der Waals surface area contributed by atoms with E-state index in [1.54, 1.807) is 12.0 Å². The van der Waals surface area contributed by atoms with Crippen LogP contribution in [0, 0.1) is 0 Å². The van der Waals surface area contributed by atoms with Crippen LogP contribution in [0.2, 0.25) is 5.28 Å². The molecule has 1 fully saturated rings. The van der Waals surface area contributed by atoms with Crippen LogP contribution in [-0.2, 0) is 25.4 Å². The number of ether oxygens (including phenoxy) is 1. The third kappa shape index (κ3) is 3.56. The van der Waals surface area contributed by atoms with Gasteiger partial charge in [0, 0.05) is 40.3 Å². The molecule has 10 nitrogen and oxygen atoms in total. The topological polar surface area (TPSA) is 94.6 Å². The van der Waals surface area contributed by atoms with Crippen LogP contribution in [0.5, 0.6) is 5.75 Å². The summed E-state index contributed by atoms with van der Waals surface area (Å²) in [6, 6.07) is 7.78. The van der Waals surface area contributed by atoms with Crippen molar-refractivity contribution in [2.45, 2.75) is 6.54 Å². The molecular weight excluding hydrogens is 424 g/mol. The third-order valence-corrected chi connectivity index (χ3v) is 5.94. The zero-order valence-corrected chi connectivity index (χ0v) is 18.3. The number of rotatable bonds is 4. The summed E-state index contributed by atoms with van der Waals surface area (Å²) in [5.74, 6) is 0.622. The van der Waals surface area contributed by atoms with Crippen LogP contribution in [0.4, 0.5) is 5.69 Å². The Kier molecular flexibility index (Phi) is 5.48. The van der Waals surface area contributed by atoms with Gasteiger partial charge in [0.1, 0.15) is 12.3 Å². The number of methoxy groups -OCH3 is 1. The molecule has 1 aliphatic heterocycles. The molecule has 0 aliphatic carbocycles. The summed E-state index contributed by atoms with van der Waals surface area (Å²) in [6.07, 6.45) is 0. The minimum atomic E-state index is -0.536. The second-order valence-electron chi connectivity index (χ2n) is 7.38. The maximum Gasteiger partial charge on any atom is 0.332 e. The molecule has 3 heterocycles. The largest absolute Gasteiger partial charge is 0.495 e. The number of fused-ring (bicyclic) bond motifs is 1. The number of aromatic nitrogens is 4. The average Bonchev–Trinajstić information content (AvgIpc) is 3.12. The molecule has 1 aromatic carbocycles. The Labute approximate surface area is 182 Å². The summed E-state index contributed by atoms with van der Waals surface area (Å²) in [5.41, 5.74) is 0.247.